The van der Waals surface area contributed by atoms with Crippen molar-refractivity contribution in [2.45, 2.75) is 6.92 Å². The van der Waals surface area contributed by atoms with Crippen molar-refractivity contribution in [3.63, 3.8) is 0 Å². The number of carbonyl (C=O) groups excluding carboxylic acids is 1. The SMILES string of the molecule is CCOC(=O)C(C#N)=CNc1ccc(N=Nc2ccccc2)cc1. The number of carbonyl (C=O) groups is 1. The van der Waals surface area contributed by atoms with Crippen molar-refractivity contribution < 1.29 is 9.53 Å². The normalized spacial score (nSPS) is 11.1. The van der Waals surface area contributed by atoms with E-state index in [4.69, 9.17) is 10.00 Å². The van der Waals surface area contributed by atoms with E-state index in [1.54, 1.807) is 37.3 Å². The number of anilines is 1. The number of rotatable bonds is 6. The number of azo groups is 1. The van der Waals surface area contributed by atoms with Gasteiger partial charge in [0.1, 0.15) is 6.07 Å². The number of ether oxygens (including phenoxy) is 1. The molecule has 0 radical (unpaired) electrons. The molecule has 1 N–H and O–H groups in total. The van der Waals surface area contributed by atoms with Crippen molar-refractivity contribution >= 4 is 23.0 Å². The van der Waals surface area contributed by atoms with E-state index in [1.165, 1.54) is 6.20 Å². The van der Waals surface area contributed by atoms with Crippen molar-refractivity contribution in [3.8, 4) is 6.07 Å². The molecule has 2 aromatic rings. The minimum atomic E-state index is -0.652. The first-order valence-corrected chi connectivity index (χ1v) is 7.33. The van der Waals surface area contributed by atoms with Crippen molar-refractivity contribution in [3.05, 3.63) is 66.4 Å². The molecule has 0 saturated carbocycles. The van der Waals surface area contributed by atoms with Gasteiger partial charge in [-0.2, -0.15) is 15.5 Å². The molecule has 0 saturated heterocycles. The van der Waals surface area contributed by atoms with Crippen LogP contribution in [0.3, 0.4) is 0 Å². The number of benzene rings is 2. The Hall–Kier alpha value is -3.46. The highest BCUT2D eigenvalue weighted by atomic mass is 16.5. The lowest BCUT2D eigenvalue weighted by Crippen LogP contribution is -2.07. The molecular weight excluding hydrogens is 304 g/mol. The van der Waals surface area contributed by atoms with E-state index >= 15 is 0 Å². The third kappa shape index (κ3) is 5.07. The first-order chi connectivity index (χ1) is 11.7. The maximum absolute atomic E-state index is 11.5. The summed E-state index contributed by atoms with van der Waals surface area (Å²) in [7, 11) is 0. The van der Waals surface area contributed by atoms with Gasteiger partial charge in [-0.25, -0.2) is 4.79 Å². The molecule has 0 aliphatic rings. The van der Waals surface area contributed by atoms with Crippen molar-refractivity contribution in [1.29, 1.82) is 5.26 Å². The van der Waals surface area contributed by atoms with Gasteiger partial charge in [0.15, 0.2) is 5.57 Å². The zero-order valence-electron chi connectivity index (χ0n) is 13.1. The molecule has 24 heavy (non-hydrogen) atoms. The lowest BCUT2D eigenvalue weighted by atomic mass is 10.2. The van der Waals surface area contributed by atoms with Gasteiger partial charge in [-0.05, 0) is 43.3 Å². The zero-order chi connectivity index (χ0) is 17.2. The fourth-order valence-electron chi connectivity index (χ4n) is 1.74. The summed E-state index contributed by atoms with van der Waals surface area (Å²) >= 11 is 0. The van der Waals surface area contributed by atoms with Crippen LogP contribution in [-0.2, 0) is 9.53 Å². The minimum absolute atomic E-state index is 0.0929. The van der Waals surface area contributed by atoms with Crippen LogP contribution in [-0.4, -0.2) is 12.6 Å². The van der Waals surface area contributed by atoms with Gasteiger partial charge in [-0.3, -0.25) is 0 Å². The number of nitriles is 1. The van der Waals surface area contributed by atoms with E-state index in [0.717, 1.165) is 5.69 Å². The predicted molar refractivity (Wildman–Crippen MR) is 91.0 cm³/mol. The van der Waals surface area contributed by atoms with Crippen molar-refractivity contribution in [2.75, 3.05) is 11.9 Å². The largest absolute Gasteiger partial charge is 0.462 e. The molecule has 2 rings (SSSR count). The van der Waals surface area contributed by atoms with Gasteiger partial charge in [-0.15, -0.1) is 0 Å². The van der Waals surface area contributed by atoms with Gasteiger partial charge in [0.05, 0.1) is 18.0 Å². The van der Waals surface area contributed by atoms with Crippen LogP contribution in [0, 0.1) is 11.3 Å². The average Bonchev–Trinajstić information content (AvgIpc) is 2.62. The van der Waals surface area contributed by atoms with Gasteiger partial charge in [0.2, 0.25) is 0 Å². The molecule has 0 aliphatic carbocycles. The summed E-state index contributed by atoms with van der Waals surface area (Å²) in [6, 6.07) is 18.3. The second-order valence-electron chi connectivity index (χ2n) is 4.62. The second-order valence-corrected chi connectivity index (χ2v) is 4.62. The standard InChI is InChI=1S/C18H16N4O2/c1-2-24-18(23)14(12-19)13-20-15-8-10-17(11-9-15)22-21-16-6-4-3-5-7-16/h3-11,13,20H,2H2,1H3. The lowest BCUT2D eigenvalue weighted by molar-refractivity contribution is -0.138. The van der Waals surface area contributed by atoms with E-state index in [1.807, 2.05) is 30.3 Å². The fraction of sp³-hybridized carbons (Fsp3) is 0.111. The van der Waals surface area contributed by atoms with Gasteiger partial charge in [-0.1, -0.05) is 18.2 Å². The third-order valence-corrected chi connectivity index (χ3v) is 2.90. The molecule has 0 aromatic heterocycles. The number of nitrogens with zero attached hydrogens (tertiary/aromatic N) is 3. The molecule has 0 aliphatic heterocycles. The quantitative estimate of drug-likeness (QED) is 0.368. The van der Waals surface area contributed by atoms with Crippen LogP contribution in [0.1, 0.15) is 6.92 Å². The van der Waals surface area contributed by atoms with Crippen LogP contribution < -0.4 is 5.32 Å². The molecule has 0 atom stereocenters. The molecule has 0 bridgehead atoms. The summed E-state index contributed by atoms with van der Waals surface area (Å²) in [6.45, 7) is 1.90. The Kier molecular flexibility index (Phi) is 6.24. The lowest BCUT2D eigenvalue weighted by Gasteiger charge is -2.03. The molecular formula is C18H16N4O2. The van der Waals surface area contributed by atoms with Gasteiger partial charge in [0.25, 0.3) is 0 Å². The summed E-state index contributed by atoms with van der Waals surface area (Å²) in [5, 5.41) is 20.1. The van der Waals surface area contributed by atoms with Crippen molar-refractivity contribution in [2.24, 2.45) is 10.2 Å². The summed E-state index contributed by atoms with van der Waals surface area (Å²) in [6.07, 6.45) is 1.32. The van der Waals surface area contributed by atoms with Gasteiger partial charge >= 0.3 is 5.97 Å². The van der Waals surface area contributed by atoms with E-state index in [9.17, 15) is 4.79 Å². The Morgan fingerprint density at radius 2 is 1.75 bits per heavy atom. The van der Waals surface area contributed by atoms with Crippen molar-refractivity contribution in [1.82, 2.24) is 0 Å². The molecule has 0 spiro atoms. The highest BCUT2D eigenvalue weighted by molar-refractivity contribution is 5.93. The summed E-state index contributed by atoms with van der Waals surface area (Å²) in [5.41, 5.74) is 2.09. The molecule has 120 valence electrons. The molecule has 2 aromatic carbocycles. The Morgan fingerprint density at radius 3 is 2.33 bits per heavy atom. The van der Waals surface area contributed by atoms with Crippen LogP contribution in [0.2, 0.25) is 0 Å². The highest BCUT2D eigenvalue weighted by Crippen LogP contribution is 2.20. The summed E-state index contributed by atoms with van der Waals surface area (Å²) in [4.78, 5) is 11.5. The Balaban J connectivity index is 2.00. The number of hydrogen-bond donors (Lipinski definition) is 1. The van der Waals surface area contributed by atoms with E-state index in [0.29, 0.717) is 11.4 Å². The number of hydrogen-bond acceptors (Lipinski definition) is 6. The Bertz CT molecular complexity index is 775. The predicted octanol–water partition coefficient (Wildman–Crippen LogP) is 4.48. The molecule has 0 fully saturated rings. The minimum Gasteiger partial charge on any atom is -0.462 e. The summed E-state index contributed by atoms with van der Waals surface area (Å²) < 4.78 is 4.78. The fourth-order valence-corrected chi connectivity index (χ4v) is 1.74. The zero-order valence-corrected chi connectivity index (χ0v) is 13.1. The average molecular weight is 320 g/mol. The molecule has 6 heteroatoms. The smallest absolute Gasteiger partial charge is 0.350 e. The van der Waals surface area contributed by atoms with Gasteiger partial charge < -0.3 is 10.1 Å². The van der Waals surface area contributed by atoms with E-state index < -0.39 is 5.97 Å². The monoisotopic (exact) mass is 320 g/mol. The van der Waals surface area contributed by atoms with E-state index in [-0.39, 0.29) is 12.2 Å². The molecule has 6 nitrogen and oxygen atoms in total. The number of esters is 1. The highest BCUT2D eigenvalue weighted by Gasteiger charge is 2.08. The van der Waals surface area contributed by atoms with Crippen LogP contribution >= 0.6 is 0 Å². The third-order valence-electron chi connectivity index (χ3n) is 2.90. The Labute approximate surface area is 140 Å². The number of nitrogens with one attached hydrogen (secondary N) is 1. The first kappa shape index (κ1) is 16.9. The van der Waals surface area contributed by atoms with Crippen LogP contribution in [0.15, 0.2) is 76.6 Å². The van der Waals surface area contributed by atoms with Gasteiger partial charge in [0, 0.05) is 11.9 Å². The molecule has 0 heterocycles. The molecule has 0 amide bonds. The maximum atomic E-state index is 11.5. The van der Waals surface area contributed by atoms with Crippen LogP contribution in [0.4, 0.5) is 17.1 Å². The second kappa shape index (κ2) is 8.86. The maximum Gasteiger partial charge on any atom is 0.350 e. The Morgan fingerprint density at radius 1 is 1.12 bits per heavy atom. The summed E-state index contributed by atoms with van der Waals surface area (Å²) in [5.74, 6) is -0.652. The molecule has 0 unspecified atom stereocenters. The van der Waals surface area contributed by atoms with Crippen LogP contribution in [0.25, 0.3) is 0 Å². The topological polar surface area (TPSA) is 86.8 Å². The van der Waals surface area contributed by atoms with E-state index in [2.05, 4.69) is 15.5 Å². The first-order valence-electron chi connectivity index (χ1n) is 7.33. The van der Waals surface area contributed by atoms with Crippen LogP contribution in [0.5, 0.6) is 0 Å².